The van der Waals surface area contributed by atoms with Gasteiger partial charge in [0.25, 0.3) is 5.56 Å². The fourth-order valence-electron chi connectivity index (χ4n) is 4.71. The van der Waals surface area contributed by atoms with Crippen molar-refractivity contribution in [2.75, 3.05) is 0 Å². The van der Waals surface area contributed by atoms with Crippen LogP contribution in [0.15, 0.2) is 22.1 Å². The largest absolute Gasteiger partial charge is 0.287 e. The molecule has 0 saturated carbocycles. The molecular weight excluding hydrogens is 444 g/mol. The van der Waals surface area contributed by atoms with Crippen LogP contribution in [0.3, 0.4) is 0 Å². The molecule has 0 N–H and O–H groups in total. The van der Waals surface area contributed by atoms with Gasteiger partial charge in [0, 0.05) is 17.2 Å². The van der Waals surface area contributed by atoms with Gasteiger partial charge in [-0.25, -0.2) is 4.98 Å². The molecule has 1 aliphatic rings. The second-order valence-electron chi connectivity index (χ2n) is 11.1. The first-order valence-electron chi connectivity index (χ1n) is 12.3. The summed E-state index contributed by atoms with van der Waals surface area (Å²) in [7, 11) is 0. The highest BCUT2D eigenvalue weighted by Gasteiger charge is 2.23. The van der Waals surface area contributed by atoms with Crippen LogP contribution in [0, 0.1) is 19.8 Å². The molecule has 0 fully saturated rings. The highest BCUT2D eigenvalue weighted by atomic mass is 32.2. The molecule has 3 aromatic rings. The van der Waals surface area contributed by atoms with E-state index in [0.717, 1.165) is 46.9 Å². The zero-order valence-electron chi connectivity index (χ0n) is 21.3. The number of aromatic nitrogens is 2. The topological polar surface area (TPSA) is 34.9 Å². The highest BCUT2D eigenvalue weighted by Crippen LogP contribution is 2.36. The number of hydrogen-bond donors (Lipinski definition) is 0. The molecule has 4 rings (SSSR count). The number of hydrogen-bond acceptors (Lipinski definition) is 4. The van der Waals surface area contributed by atoms with Gasteiger partial charge in [0.1, 0.15) is 4.83 Å². The van der Waals surface area contributed by atoms with Crippen LogP contribution in [-0.4, -0.2) is 9.55 Å². The van der Waals surface area contributed by atoms with Crippen LogP contribution in [0.25, 0.3) is 10.2 Å². The molecule has 3 nitrogen and oxygen atoms in total. The maximum Gasteiger partial charge on any atom is 0.263 e. The van der Waals surface area contributed by atoms with E-state index in [0.29, 0.717) is 5.92 Å². The van der Waals surface area contributed by atoms with Crippen LogP contribution in [0.1, 0.15) is 86.6 Å². The molecule has 5 heteroatoms. The van der Waals surface area contributed by atoms with Crippen molar-refractivity contribution in [2.24, 2.45) is 5.92 Å². The summed E-state index contributed by atoms with van der Waals surface area (Å²) in [5.41, 5.74) is 7.01. The average molecular weight is 483 g/mol. The van der Waals surface area contributed by atoms with Crippen molar-refractivity contribution in [2.45, 2.75) is 103 Å². The second-order valence-corrected chi connectivity index (χ2v) is 13.1. The van der Waals surface area contributed by atoms with E-state index in [-0.39, 0.29) is 11.0 Å². The normalized spacial score (nSPS) is 14.3. The van der Waals surface area contributed by atoms with Gasteiger partial charge in [-0.3, -0.25) is 9.36 Å². The molecule has 1 aliphatic carbocycles. The molecule has 0 spiro atoms. The molecule has 2 aromatic heterocycles. The molecule has 0 bridgehead atoms. The summed E-state index contributed by atoms with van der Waals surface area (Å²) in [5.74, 6) is 1.39. The molecule has 2 heterocycles. The molecule has 33 heavy (non-hydrogen) atoms. The van der Waals surface area contributed by atoms with Crippen LogP contribution < -0.4 is 5.56 Å². The monoisotopic (exact) mass is 482 g/mol. The Morgan fingerprint density at radius 1 is 1.12 bits per heavy atom. The van der Waals surface area contributed by atoms with E-state index >= 15 is 0 Å². The first-order valence-corrected chi connectivity index (χ1v) is 14.1. The summed E-state index contributed by atoms with van der Waals surface area (Å²) in [6.45, 7) is 16.4. The average Bonchev–Trinajstić information content (AvgIpc) is 3.10. The molecule has 1 aromatic carbocycles. The summed E-state index contributed by atoms with van der Waals surface area (Å²) in [6.07, 6.45) is 5.53. The maximum absolute atomic E-state index is 13.7. The maximum atomic E-state index is 13.7. The van der Waals surface area contributed by atoms with Crippen molar-refractivity contribution in [3.05, 3.63) is 55.2 Å². The van der Waals surface area contributed by atoms with Crippen LogP contribution >= 0.6 is 23.1 Å². The quantitative estimate of drug-likeness (QED) is 0.268. The van der Waals surface area contributed by atoms with Crippen LogP contribution in [0.5, 0.6) is 0 Å². The lowest BCUT2D eigenvalue weighted by Crippen LogP contribution is -2.24. The molecule has 0 radical (unpaired) electrons. The van der Waals surface area contributed by atoms with Gasteiger partial charge in [-0.2, -0.15) is 0 Å². The van der Waals surface area contributed by atoms with Crippen LogP contribution in [-0.2, 0) is 30.6 Å². The summed E-state index contributed by atoms with van der Waals surface area (Å²) >= 11 is 3.48. The Labute approximate surface area is 207 Å². The van der Waals surface area contributed by atoms with E-state index < -0.39 is 0 Å². The lowest BCUT2D eigenvalue weighted by Gasteiger charge is -2.22. The summed E-state index contributed by atoms with van der Waals surface area (Å²) in [4.78, 5) is 21.1. The van der Waals surface area contributed by atoms with Crippen molar-refractivity contribution >= 4 is 33.3 Å². The first-order chi connectivity index (χ1) is 15.6. The number of benzene rings is 1. The number of nitrogens with zero attached hydrogens (tertiary/aromatic N) is 2. The third kappa shape index (κ3) is 5.09. The molecule has 0 unspecified atom stereocenters. The standard InChI is InChI=1S/C28H38N2OS2/c1-17(2)12-13-30-26(31)24-21-10-8-9-11-23(21)33-25(24)29-27(30)32-16-22-18(3)14-20(15-19(22)4)28(5,6)7/h14-15,17H,8-13,16H2,1-7H3. The van der Waals surface area contributed by atoms with E-state index in [1.807, 2.05) is 4.57 Å². The van der Waals surface area contributed by atoms with Crippen LogP contribution in [0.4, 0.5) is 0 Å². The fourth-order valence-corrected chi connectivity index (χ4v) is 7.23. The Hall–Kier alpha value is -1.59. The first kappa shape index (κ1) is 24.5. The third-order valence-electron chi connectivity index (χ3n) is 6.88. The Morgan fingerprint density at radius 3 is 2.42 bits per heavy atom. The molecule has 178 valence electrons. The van der Waals surface area contributed by atoms with Crippen molar-refractivity contribution in [3.8, 4) is 0 Å². The Bertz CT molecular complexity index is 1200. The zero-order valence-corrected chi connectivity index (χ0v) is 22.9. The smallest absolute Gasteiger partial charge is 0.263 e. The number of fused-ring (bicyclic) bond motifs is 3. The van der Waals surface area contributed by atoms with Gasteiger partial charge in [0.05, 0.1) is 5.39 Å². The predicted molar refractivity (Wildman–Crippen MR) is 144 cm³/mol. The number of thioether (sulfide) groups is 1. The van der Waals surface area contributed by atoms with Gasteiger partial charge in [0.15, 0.2) is 5.16 Å². The van der Waals surface area contributed by atoms with Gasteiger partial charge in [-0.05, 0) is 85.1 Å². The van der Waals surface area contributed by atoms with Crippen molar-refractivity contribution in [1.29, 1.82) is 0 Å². The van der Waals surface area contributed by atoms with E-state index in [4.69, 9.17) is 4.98 Å². The number of rotatable bonds is 6. The highest BCUT2D eigenvalue weighted by molar-refractivity contribution is 7.98. The van der Waals surface area contributed by atoms with Gasteiger partial charge >= 0.3 is 0 Å². The van der Waals surface area contributed by atoms with Gasteiger partial charge < -0.3 is 0 Å². The summed E-state index contributed by atoms with van der Waals surface area (Å²) < 4.78 is 1.97. The van der Waals surface area contributed by atoms with Gasteiger partial charge in [0.2, 0.25) is 0 Å². The van der Waals surface area contributed by atoms with E-state index in [1.54, 1.807) is 23.1 Å². The zero-order chi connectivity index (χ0) is 23.9. The fraction of sp³-hybridized carbons (Fsp3) is 0.571. The molecule has 0 atom stereocenters. The molecular formula is C28H38N2OS2. The minimum Gasteiger partial charge on any atom is -0.287 e. The second kappa shape index (κ2) is 9.58. The SMILES string of the molecule is Cc1cc(C(C)(C)C)cc(C)c1CSc1nc2sc3c(c2c(=O)n1CCC(C)C)CCCC3. The Morgan fingerprint density at radius 2 is 1.79 bits per heavy atom. The van der Waals surface area contributed by atoms with Gasteiger partial charge in [-0.15, -0.1) is 11.3 Å². The van der Waals surface area contributed by atoms with Crippen LogP contribution in [0.2, 0.25) is 0 Å². The van der Waals surface area contributed by atoms with E-state index in [2.05, 4.69) is 60.6 Å². The molecule has 0 amide bonds. The van der Waals surface area contributed by atoms with E-state index in [1.165, 1.54) is 45.5 Å². The van der Waals surface area contributed by atoms with E-state index in [9.17, 15) is 4.79 Å². The molecule has 0 aliphatic heterocycles. The Kier molecular flexibility index (Phi) is 7.12. The summed E-state index contributed by atoms with van der Waals surface area (Å²) in [5, 5.41) is 1.79. The number of thiophene rings is 1. The number of aryl methyl sites for hydroxylation is 4. The minimum absolute atomic E-state index is 0.142. The van der Waals surface area contributed by atoms with Crippen molar-refractivity contribution < 1.29 is 0 Å². The van der Waals surface area contributed by atoms with Crippen molar-refractivity contribution in [1.82, 2.24) is 9.55 Å². The van der Waals surface area contributed by atoms with Crippen molar-refractivity contribution in [3.63, 3.8) is 0 Å². The van der Waals surface area contributed by atoms with Gasteiger partial charge in [-0.1, -0.05) is 58.5 Å². The minimum atomic E-state index is 0.142. The Balaban J connectivity index is 1.72. The lowest BCUT2D eigenvalue weighted by molar-refractivity contribution is 0.481. The lowest BCUT2D eigenvalue weighted by atomic mass is 9.84. The predicted octanol–water partition coefficient (Wildman–Crippen LogP) is 7.59. The summed E-state index contributed by atoms with van der Waals surface area (Å²) in [6, 6.07) is 4.66. The molecule has 0 saturated heterocycles. The third-order valence-corrected chi connectivity index (χ3v) is 9.07.